The molecule has 1 rings (SSSR count). The number of rotatable bonds is 2. The second kappa shape index (κ2) is 6.08. The van der Waals surface area contributed by atoms with Crippen LogP contribution in [0.25, 0.3) is 6.08 Å². The molecule has 0 fully saturated rings. The van der Waals surface area contributed by atoms with Gasteiger partial charge in [0.2, 0.25) is 0 Å². The predicted molar refractivity (Wildman–Crippen MR) is 52.9 cm³/mol. The van der Waals surface area contributed by atoms with Crippen molar-refractivity contribution in [2.75, 3.05) is 14.2 Å². The Hall–Kier alpha value is -1.48. The Kier molecular flexibility index (Phi) is 5.39. The molecule has 0 aliphatic heterocycles. The highest BCUT2D eigenvalue weighted by Crippen LogP contribution is 2.26. The summed E-state index contributed by atoms with van der Waals surface area (Å²) in [6.07, 6.45) is 1.70. The molecule has 1 aromatic carbocycles. The first-order chi connectivity index (χ1) is 6.27. The van der Waals surface area contributed by atoms with Gasteiger partial charge in [-0.2, -0.15) is 0 Å². The van der Waals surface area contributed by atoms with Gasteiger partial charge in [-0.3, -0.25) is 0 Å². The lowest BCUT2D eigenvalue weighted by molar-refractivity contribution is 0.373. The zero-order valence-electron chi connectivity index (χ0n) is 7.82. The van der Waals surface area contributed by atoms with E-state index in [1.165, 1.54) is 7.11 Å². The van der Waals surface area contributed by atoms with E-state index >= 15 is 0 Å². The van der Waals surface area contributed by atoms with E-state index in [-0.39, 0.29) is 5.75 Å². The van der Waals surface area contributed by atoms with Crippen molar-refractivity contribution >= 4 is 6.08 Å². The van der Waals surface area contributed by atoms with E-state index in [4.69, 9.17) is 9.84 Å². The summed E-state index contributed by atoms with van der Waals surface area (Å²) in [7, 11) is 2.52. The van der Waals surface area contributed by atoms with Crippen molar-refractivity contribution in [2.24, 2.45) is 0 Å². The topological polar surface area (TPSA) is 49.7 Å². The van der Waals surface area contributed by atoms with Crippen molar-refractivity contribution in [3.05, 3.63) is 30.3 Å². The average Bonchev–Trinajstić information content (AvgIpc) is 2.22. The van der Waals surface area contributed by atoms with Gasteiger partial charge in [-0.05, 0) is 17.7 Å². The number of hydrogen-bond acceptors (Lipinski definition) is 3. The second-order valence-electron chi connectivity index (χ2n) is 2.14. The molecular formula is C10H14O3. The number of phenols is 1. The number of aliphatic hydroxyl groups excluding tert-OH is 1. The van der Waals surface area contributed by atoms with Crippen LogP contribution in [0.3, 0.4) is 0 Å². The van der Waals surface area contributed by atoms with E-state index in [2.05, 4.69) is 6.58 Å². The Bertz CT molecular complexity index is 269. The molecule has 0 aromatic heterocycles. The van der Waals surface area contributed by atoms with Crippen LogP contribution in [0.5, 0.6) is 11.5 Å². The number of methoxy groups -OCH3 is 1. The molecule has 0 radical (unpaired) electrons. The summed E-state index contributed by atoms with van der Waals surface area (Å²) >= 11 is 0. The Morgan fingerprint density at radius 1 is 1.38 bits per heavy atom. The standard InChI is InChI=1S/C9H10O2.CH4O/c1-3-7-4-5-8(10)9(6-7)11-2;1-2/h3-6,10H,1H2,2H3;2H,1H3. The number of aromatic hydroxyl groups is 1. The Balaban J connectivity index is 0.000000671. The maximum Gasteiger partial charge on any atom is 0.161 e. The molecule has 1 aromatic rings. The van der Waals surface area contributed by atoms with Gasteiger partial charge in [-0.15, -0.1) is 0 Å². The summed E-state index contributed by atoms with van der Waals surface area (Å²) in [6.45, 7) is 3.60. The molecule has 3 heteroatoms. The van der Waals surface area contributed by atoms with Crippen molar-refractivity contribution < 1.29 is 14.9 Å². The zero-order chi connectivity index (χ0) is 10.3. The molecule has 13 heavy (non-hydrogen) atoms. The van der Waals surface area contributed by atoms with E-state index in [0.717, 1.165) is 12.7 Å². The van der Waals surface area contributed by atoms with Gasteiger partial charge in [-0.25, -0.2) is 0 Å². The molecule has 0 unspecified atom stereocenters. The third-order valence-electron chi connectivity index (χ3n) is 1.44. The van der Waals surface area contributed by atoms with Crippen LogP contribution in [-0.2, 0) is 0 Å². The number of ether oxygens (including phenoxy) is 1. The van der Waals surface area contributed by atoms with Crippen LogP contribution < -0.4 is 4.74 Å². The first kappa shape index (κ1) is 11.5. The molecular weight excluding hydrogens is 168 g/mol. The van der Waals surface area contributed by atoms with Gasteiger partial charge in [0.05, 0.1) is 7.11 Å². The fraction of sp³-hybridized carbons (Fsp3) is 0.200. The molecule has 0 saturated heterocycles. The highest BCUT2D eigenvalue weighted by atomic mass is 16.5. The largest absolute Gasteiger partial charge is 0.504 e. The molecule has 0 aliphatic carbocycles. The molecule has 0 bridgehead atoms. The lowest BCUT2D eigenvalue weighted by Gasteiger charge is -2.02. The van der Waals surface area contributed by atoms with Crippen LogP contribution in [0.2, 0.25) is 0 Å². The molecule has 0 spiro atoms. The van der Waals surface area contributed by atoms with Gasteiger partial charge in [0.25, 0.3) is 0 Å². The van der Waals surface area contributed by atoms with Crippen LogP contribution in [0, 0.1) is 0 Å². The highest BCUT2D eigenvalue weighted by Gasteiger charge is 1.98. The van der Waals surface area contributed by atoms with E-state index in [9.17, 15) is 5.11 Å². The monoisotopic (exact) mass is 182 g/mol. The third-order valence-corrected chi connectivity index (χ3v) is 1.44. The van der Waals surface area contributed by atoms with Gasteiger partial charge in [0.1, 0.15) is 0 Å². The van der Waals surface area contributed by atoms with Gasteiger partial charge in [-0.1, -0.05) is 18.7 Å². The van der Waals surface area contributed by atoms with Crippen LogP contribution in [0.1, 0.15) is 5.56 Å². The smallest absolute Gasteiger partial charge is 0.161 e. The summed E-state index contributed by atoms with van der Waals surface area (Å²) in [4.78, 5) is 0. The first-order valence-electron chi connectivity index (χ1n) is 3.72. The molecule has 0 atom stereocenters. The minimum Gasteiger partial charge on any atom is -0.504 e. The maximum absolute atomic E-state index is 9.17. The van der Waals surface area contributed by atoms with Crippen molar-refractivity contribution in [1.29, 1.82) is 0 Å². The Morgan fingerprint density at radius 3 is 2.46 bits per heavy atom. The molecule has 2 N–H and O–H groups in total. The second-order valence-corrected chi connectivity index (χ2v) is 2.14. The highest BCUT2D eigenvalue weighted by molar-refractivity contribution is 5.53. The van der Waals surface area contributed by atoms with Gasteiger partial charge >= 0.3 is 0 Å². The molecule has 72 valence electrons. The van der Waals surface area contributed by atoms with E-state index < -0.39 is 0 Å². The maximum atomic E-state index is 9.17. The fourth-order valence-electron chi connectivity index (χ4n) is 0.821. The Morgan fingerprint density at radius 2 is 2.00 bits per heavy atom. The summed E-state index contributed by atoms with van der Waals surface area (Å²) in [6, 6.07) is 5.07. The first-order valence-corrected chi connectivity index (χ1v) is 3.72. The summed E-state index contributed by atoms with van der Waals surface area (Å²) in [5.41, 5.74) is 0.930. The quantitative estimate of drug-likeness (QED) is 0.731. The van der Waals surface area contributed by atoms with Crippen LogP contribution in [-0.4, -0.2) is 24.4 Å². The molecule has 0 aliphatic rings. The van der Waals surface area contributed by atoms with Crippen LogP contribution in [0.15, 0.2) is 24.8 Å². The lowest BCUT2D eigenvalue weighted by atomic mass is 10.2. The summed E-state index contributed by atoms with van der Waals surface area (Å²) in [5.74, 6) is 0.625. The normalized spacial score (nSPS) is 8.23. The summed E-state index contributed by atoms with van der Waals surface area (Å²) in [5, 5.41) is 16.2. The van der Waals surface area contributed by atoms with Crippen molar-refractivity contribution in [2.45, 2.75) is 0 Å². The van der Waals surface area contributed by atoms with Crippen molar-refractivity contribution in [3.63, 3.8) is 0 Å². The van der Waals surface area contributed by atoms with E-state index in [0.29, 0.717) is 5.75 Å². The number of benzene rings is 1. The number of phenolic OH excluding ortho intramolecular Hbond substituents is 1. The number of aliphatic hydroxyl groups is 1. The molecule has 0 amide bonds. The average molecular weight is 182 g/mol. The minimum absolute atomic E-state index is 0.151. The van der Waals surface area contributed by atoms with Crippen LogP contribution >= 0.6 is 0 Å². The number of hydrogen-bond donors (Lipinski definition) is 2. The van der Waals surface area contributed by atoms with Gasteiger partial charge in [0.15, 0.2) is 11.5 Å². The van der Waals surface area contributed by atoms with Crippen molar-refractivity contribution in [1.82, 2.24) is 0 Å². The van der Waals surface area contributed by atoms with Gasteiger partial charge < -0.3 is 14.9 Å². The van der Waals surface area contributed by atoms with Crippen molar-refractivity contribution in [3.8, 4) is 11.5 Å². The zero-order valence-corrected chi connectivity index (χ0v) is 7.82. The SMILES string of the molecule is C=Cc1ccc(O)c(OC)c1.CO. The molecule has 3 nitrogen and oxygen atoms in total. The van der Waals surface area contributed by atoms with Gasteiger partial charge in [0, 0.05) is 7.11 Å². The Labute approximate surface area is 77.9 Å². The summed E-state index contributed by atoms with van der Waals surface area (Å²) < 4.78 is 4.89. The molecule has 0 saturated carbocycles. The fourth-order valence-corrected chi connectivity index (χ4v) is 0.821. The third kappa shape index (κ3) is 3.17. The van der Waals surface area contributed by atoms with Crippen LogP contribution in [0.4, 0.5) is 0 Å². The van der Waals surface area contributed by atoms with E-state index in [1.807, 2.05) is 0 Å². The predicted octanol–water partition coefficient (Wildman–Crippen LogP) is 1.65. The van der Waals surface area contributed by atoms with E-state index in [1.54, 1.807) is 24.3 Å². The minimum atomic E-state index is 0.151. The lowest BCUT2D eigenvalue weighted by Crippen LogP contribution is -1.83. The molecule has 0 heterocycles.